The SMILES string of the molecule is Cc1cc(-n2c(SCC(=O)N3C[C@H](C)C[C@@H](C)C3)nc3ccsc3c2=O)ccc1F. The van der Waals surface area contributed by atoms with E-state index in [2.05, 4.69) is 18.8 Å². The first-order chi connectivity index (χ1) is 14.3. The van der Waals surface area contributed by atoms with Crippen molar-refractivity contribution in [2.75, 3.05) is 18.8 Å². The second kappa shape index (κ2) is 8.51. The molecule has 0 unspecified atom stereocenters. The highest BCUT2D eigenvalue weighted by Crippen LogP contribution is 2.26. The van der Waals surface area contributed by atoms with E-state index in [1.165, 1.54) is 33.7 Å². The predicted octanol–water partition coefficient (Wildman–Crippen LogP) is 4.49. The van der Waals surface area contributed by atoms with Crippen molar-refractivity contribution in [2.24, 2.45) is 11.8 Å². The Morgan fingerprint density at radius 3 is 2.70 bits per heavy atom. The number of piperidine rings is 1. The molecule has 1 fully saturated rings. The summed E-state index contributed by atoms with van der Waals surface area (Å²) in [4.78, 5) is 32.6. The minimum Gasteiger partial charge on any atom is -0.341 e. The van der Waals surface area contributed by atoms with Gasteiger partial charge in [-0.15, -0.1) is 11.3 Å². The third-order valence-corrected chi connectivity index (χ3v) is 7.21. The Hall–Kier alpha value is -2.19. The number of rotatable bonds is 4. The maximum Gasteiger partial charge on any atom is 0.276 e. The number of thioether (sulfide) groups is 1. The number of hydrogen-bond acceptors (Lipinski definition) is 5. The molecule has 30 heavy (non-hydrogen) atoms. The molecule has 0 radical (unpaired) electrons. The van der Waals surface area contributed by atoms with Gasteiger partial charge in [0.15, 0.2) is 5.16 Å². The summed E-state index contributed by atoms with van der Waals surface area (Å²) in [6.07, 6.45) is 1.14. The lowest BCUT2D eigenvalue weighted by Gasteiger charge is -2.35. The van der Waals surface area contributed by atoms with Crippen LogP contribution < -0.4 is 5.56 Å². The van der Waals surface area contributed by atoms with Crippen LogP contribution in [0.25, 0.3) is 15.9 Å². The zero-order valence-corrected chi connectivity index (χ0v) is 18.9. The van der Waals surface area contributed by atoms with E-state index in [0.717, 1.165) is 19.5 Å². The highest BCUT2D eigenvalue weighted by Gasteiger charge is 2.26. The quantitative estimate of drug-likeness (QED) is 0.439. The van der Waals surface area contributed by atoms with Crippen molar-refractivity contribution >= 4 is 39.2 Å². The van der Waals surface area contributed by atoms with Crippen LogP contribution >= 0.6 is 23.1 Å². The number of carbonyl (C=O) groups is 1. The van der Waals surface area contributed by atoms with Crippen molar-refractivity contribution in [3.8, 4) is 5.69 Å². The average molecular weight is 446 g/mol. The predicted molar refractivity (Wildman–Crippen MR) is 120 cm³/mol. The van der Waals surface area contributed by atoms with Gasteiger partial charge in [-0.25, -0.2) is 9.37 Å². The molecule has 8 heteroatoms. The highest BCUT2D eigenvalue weighted by molar-refractivity contribution is 7.99. The van der Waals surface area contributed by atoms with Crippen molar-refractivity contribution in [3.63, 3.8) is 0 Å². The molecule has 3 heterocycles. The van der Waals surface area contributed by atoms with Crippen LogP contribution in [0.2, 0.25) is 0 Å². The summed E-state index contributed by atoms with van der Waals surface area (Å²) >= 11 is 2.59. The number of amides is 1. The van der Waals surface area contributed by atoms with Gasteiger partial charge in [0.1, 0.15) is 10.5 Å². The molecule has 1 aromatic carbocycles. The Morgan fingerprint density at radius 2 is 2.00 bits per heavy atom. The molecule has 1 amide bonds. The number of aryl methyl sites for hydroxylation is 1. The molecule has 0 saturated carbocycles. The number of halogens is 1. The molecule has 0 spiro atoms. The van der Waals surface area contributed by atoms with Crippen molar-refractivity contribution in [1.82, 2.24) is 14.5 Å². The summed E-state index contributed by atoms with van der Waals surface area (Å²) in [7, 11) is 0. The molecular formula is C22H24FN3O2S2. The van der Waals surface area contributed by atoms with E-state index in [1.54, 1.807) is 19.1 Å². The molecule has 0 N–H and O–H groups in total. The first kappa shape index (κ1) is 21.1. The fraction of sp³-hybridized carbons (Fsp3) is 0.409. The third kappa shape index (κ3) is 4.16. The van der Waals surface area contributed by atoms with Crippen LogP contribution in [-0.2, 0) is 4.79 Å². The number of hydrogen-bond donors (Lipinski definition) is 0. The van der Waals surface area contributed by atoms with Crippen LogP contribution in [-0.4, -0.2) is 39.2 Å². The van der Waals surface area contributed by atoms with Crippen LogP contribution in [0, 0.1) is 24.6 Å². The van der Waals surface area contributed by atoms with E-state index in [1.807, 2.05) is 16.3 Å². The van der Waals surface area contributed by atoms with Gasteiger partial charge in [0, 0.05) is 13.1 Å². The van der Waals surface area contributed by atoms with Gasteiger partial charge in [-0.05, 0) is 60.4 Å². The summed E-state index contributed by atoms with van der Waals surface area (Å²) in [6, 6.07) is 6.37. The Labute approximate surface area is 182 Å². The van der Waals surface area contributed by atoms with E-state index in [0.29, 0.717) is 38.5 Å². The summed E-state index contributed by atoms with van der Waals surface area (Å²) in [6.45, 7) is 7.54. The maximum absolute atomic E-state index is 13.8. The van der Waals surface area contributed by atoms with Gasteiger partial charge in [0.05, 0.1) is 17.0 Å². The fourth-order valence-corrected chi connectivity index (χ4v) is 5.74. The molecular weight excluding hydrogens is 421 g/mol. The van der Waals surface area contributed by atoms with Crippen LogP contribution in [0.4, 0.5) is 4.39 Å². The molecule has 1 aliphatic heterocycles. The van der Waals surface area contributed by atoms with Crippen molar-refractivity contribution in [3.05, 3.63) is 51.4 Å². The number of carbonyl (C=O) groups excluding carboxylic acids is 1. The van der Waals surface area contributed by atoms with E-state index < -0.39 is 0 Å². The second-order valence-electron chi connectivity index (χ2n) is 8.14. The van der Waals surface area contributed by atoms with Gasteiger partial charge in [0.25, 0.3) is 5.56 Å². The van der Waals surface area contributed by atoms with Gasteiger partial charge < -0.3 is 4.90 Å². The minimum absolute atomic E-state index is 0.0555. The van der Waals surface area contributed by atoms with Crippen LogP contribution in [0.15, 0.2) is 39.6 Å². The van der Waals surface area contributed by atoms with Gasteiger partial charge in [-0.3, -0.25) is 14.2 Å². The van der Waals surface area contributed by atoms with E-state index in [4.69, 9.17) is 0 Å². The molecule has 1 aliphatic rings. The number of benzene rings is 1. The van der Waals surface area contributed by atoms with Crippen LogP contribution in [0.3, 0.4) is 0 Å². The summed E-state index contributed by atoms with van der Waals surface area (Å²) in [5, 5.41) is 2.28. The van der Waals surface area contributed by atoms with Crippen molar-refractivity contribution in [2.45, 2.75) is 32.3 Å². The van der Waals surface area contributed by atoms with Crippen LogP contribution in [0.1, 0.15) is 25.8 Å². The molecule has 0 aliphatic carbocycles. The molecule has 4 rings (SSSR count). The first-order valence-corrected chi connectivity index (χ1v) is 11.9. The minimum atomic E-state index is -0.324. The Morgan fingerprint density at radius 1 is 1.27 bits per heavy atom. The molecule has 5 nitrogen and oxygen atoms in total. The van der Waals surface area contributed by atoms with Gasteiger partial charge in [-0.1, -0.05) is 25.6 Å². The normalized spacial score (nSPS) is 19.4. The third-order valence-electron chi connectivity index (χ3n) is 5.40. The zero-order chi connectivity index (χ0) is 21.4. The number of fused-ring (bicyclic) bond motifs is 1. The molecule has 2 aromatic heterocycles. The Kier molecular flexibility index (Phi) is 5.97. The monoisotopic (exact) mass is 445 g/mol. The molecule has 3 aromatic rings. The first-order valence-electron chi connectivity index (χ1n) is 10.0. The van der Waals surface area contributed by atoms with Gasteiger partial charge in [0.2, 0.25) is 5.91 Å². The fourth-order valence-electron chi connectivity index (χ4n) is 4.07. The summed E-state index contributed by atoms with van der Waals surface area (Å²) in [5.41, 5.74) is 1.43. The topological polar surface area (TPSA) is 55.2 Å². The molecule has 1 saturated heterocycles. The summed E-state index contributed by atoms with van der Waals surface area (Å²) in [5.74, 6) is 0.920. The van der Waals surface area contributed by atoms with Crippen molar-refractivity contribution in [1.29, 1.82) is 0 Å². The Bertz CT molecular complexity index is 1150. The lowest BCUT2D eigenvalue weighted by molar-refractivity contribution is -0.130. The number of nitrogens with zero attached hydrogens (tertiary/aromatic N) is 3. The highest BCUT2D eigenvalue weighted by atomic mass is 32.2. The molecule has 158 valence electrons. The van der Waals surface area contributed by atoms with Crippen LogP contribution in [0.5, 0.6) is 0 Å². The van der Waals surface area contributed by atoms with E-state index in [-0.39, 0.29) is 23.0 Å². The molecule has 2 atom stereocenters. The largest absolute Gasteiger partial charge is 0.341 e. The second-order valence-corrected chi connectivity index (χ2v) is 10.00. The van der Waals surface area contributed by atoms with Gasteiger partial charge >= 0.3 is 0 Å². The zero-order valence-electron chi connectivity index (χ0n) is 17.2. The molecule has 0 bridgehead atoms. The Balaban J connectivity index is 1.67. The van der Waals surface area contributed by atoms with Gasteiger partial charge in [-0.2, -0.15) is 0 Å². The van der Waals surface area contributed by atoms with Crippen molar-refractivity contribution < 1.29 is 9.18 Å². The smallest absolute Gasteiger partial charge is 0.276 e. The van der Waals surface area contributed by atoms with E-state index in [9.17, 15) is 14.0 Å². The lowest BCUT2D eigenvalue weighted by Crippen LogP contribution is -2.43. The average Bonchev–Trinajstić information content (AvgIpc) is 3.17. The lowest BCUT2D eigenvalue weighted by atomic mass is 9.92. The number of aromatic nitrogens is 2. The standard InChI is InChI=1S/C22H24FN3O2S2/c1-13-8-14(2)11-25(10-13)19(27)12-30-22-24-18-6-7-29-20(18)21(28)26(22)16-4-5-17(23)15(3)9-16/h4-7,9,13-14H,8,10-12H2,1-3H3/t13-,14-/m1/s1. The van der Waals surface area contributed by atoms with E-state index >= 15 is 0 Å². The maximum atomic E-state index is 13.8. The summed E-state index contributed by atoms with van der Waals surface area (Å²) < 4.78 is 15.8. The number of thiophene rings is 1. The number of likely N-dealkylation sites (tertiary alicyclic amines) is 1.